The molecule has 0 spiro atoms. The van der Waals surface area contributed by atoms with E-state index in [1.807, 2.05) is 0 Å². The van der Waals surface area contributed by atoms with Crippen LogP contribution in [0.4, 0.5) is 18.9 Å². The van der Waals surface area contributed by atoms with Gasteiger partial charge < -0.3 is 15.0 Å². The Kier molecular flexibility index (Phi) is 5.82. The second kappa shape index (κ2) is 7.65. The van der Waals surface area contributed by atoms with E-state index in [9.17, 15) is 18.0 Å². The Hall–Kier alpha value is -2.09. The smallest absolute Gasteiger partial charge is 0.359 e. The molecule has 1 amide bonds. The van der Waals surface area contributed by atoms with Gasteiger partial charge in [-0.25, -0.2) is 4.98 Å². The third-order valence-electron chi connectivity index (χ3n) is 3.43. The lowest BCUT2D eigenvalue weighted by Gasteiger charge is -2.14. The molecule has 1 aromatic heterocycles. The van der Waals surface area contributed by atoms with Crippen molar-refractivity contribution in [3.05, 3.63) is 24.0 Å². The van der Waals surface area contributed by atoms with E-state index in [0.717, 1.165) is 36.1 Å². The van der Waals surface area contributed by atoms with Crippen molar-refractivity contribution in [2.75, 3.05) is 11.9 Å². The SMILES string of the molecule is CCCCc1nc2ccc(NC(=O)C(C)OCC(F)(F)F)cc2[nH]1. The molecular weight excluding hydrogens is 323 g/mol. The molecule has 1 aromatic carbocycles. The van der Waals surface area contributed by atoms with E-state index < -0.39 is 24.8 Å². The summed E-state index contributed by atoms with van der Waals surface area (Å²) < 4.78 is 40.8. The third kappa shape index (κ3) is 5.23. The van der Waals surface area contributed by atoms with Crippen LogP contribution < -0.4 is 5.32 Å². The number of aromatic amines is 1. The Morgan fingerprint density at radius 3 is 2.83 bits per heavy atom. The number of nitrogens with zero attached hydrogens (tertiary/aromatic N) is 1. The average molecular weight is 343 g/mol. The summed E-state index contributed by atoms with van der Waals surface area (Å²) in [6, 6.07) is 5.10. The highest BCUT2D eigenvalue weighted by atomic mass is 19.4. The van der Waals surface area contributed by atoms with E-state index in [0.29, 0.717) is 5.69 Å². The molecule has 1 heterocycles. The van der Waals surface area contributed by atoms with Crippen LogP contribution in [0.3, 0.4) is 0 Å². The largest absolute Gasteiger partial charge is 0.411 e. The second-order valence-corrected chi connectivity index (χ2v) is 5.58. The van der Waals surface area contributed by atoms with Gasteiger partial charge in [0.15, 0.2) is 0 Å². The molecule has 5 nitrogen and oxygen atoms in total. The second-order valence-electron chi connectivity index (χ2n) is 5.58. The van der Waals surface area contributed by atoms with Gasteiger partial charge in [-0.3, -0.25) is 4.79 Å². The summed E-state index contributed by atoms with van der Waals surface area (Å²) in [7, 11) is 0. The number of aromatic nitrogens is 2. The molecule has 2 rings (SSSR count). The summed E-state index contributed by atoms with van der Waals surface area (Å²) in [5.41, 5.74) is 2.02. The number of H-pyrrole nitrogens is 1. The number of ether oxygens (including phenoxy) is 1. The molecule has 2 N–H and O–H groups in total. The van der Waals surface area contributed by atoms with Crippen LogP contribution in [0.5, 0.6) is 0 Å². The number of fused-ring (bicyclic) bond motifs is 1. The molecule has 1 atom stereocenters. The van der Waals surface area contributed by atoms with Crippen molar-refractivity contribution in [2.24, 2.45) is 0 Å². The minimum absolute atomic E-state index is 0.473. The van der Waals surface area contributed by atoms with E-state index in [1.54, 1.807) is 18.2 Å². The average Bonchev–Trinajstić information content (AvgIpc) is 2.91. The van der Waals surface area contributed by atoms with Crippen LogP contribution in [0.1, 0.15) is 32.5 Å². The Morgan fingerprint density at radius 1 is 1.42 bits per heavy atom. The van der Waals surface area contributed by atoms with Gasteiger partial charge in [0, 0.05) is 12.1 Å². The number of imidazole rings is 1. The summed E-state index contributed by atoms with van der Waals surface area (Å²) in [4.78, 5) is 19.5. The number of halogens is 3. The number of alkyl halides is 3. The molecule has 24 heavy (non-hydrogen) atoms. The number of anilines is 1. The number of rotatable bonds is 7. The Balaban J connectivity index is 2.00. The Morgan fingerprint density at radius 2 is 2.17 bits per heavy atom. The van der Waals surface area contributed by atoms with E-state index in [4.69, 9.17) is 0 Å². The molecule has 132 valence electrons. The molecule has 0 saturated carbocycles. The topological polar surface area (TPSA) is 67.0 Å². The number of hydrogen-bond donors (Lipinski definition) is 2. The monoisotopic (exact) mass is 343 g/mol. The van der Waals surface area contributed by atoms with E-state index in [-0.39, 0.29) is 0 Å². The number of unbranched alkanes of at least 4 members (excludes halogenated alkanes) is 1. The minimum atomic E-state index is -4.46. The first-order valence-corrected chi connectivity index (χ1v) is 7.76. The van der Waals surface area contributed by atoms with Crippen LogP contribution >= 0.6 is 0 Å². The van der Waals surface area contributed by atoms with Crippen molar-refractivity contribution in [2.45, 2.75) is 45.4 Å². The van der Waals surface area contributed by atoms with Gasteiger partial charge in [-0.05, 0) is 31.5 Å². The quantitative estimate of drug-likeness (QED) is 0.803. The standard InChI is InChI=1S/C16H20F3N3O2/c1-3-4-5-14-21-12-7-6-11(8-13(12)22-14)20-15(23)10(2)24-9-16(17,18)19/h6-8,10H,3-5,9H2,1-2H3,(H,20,23)(H,21,22). The summed E-state index contributed by atoms with van der Waals surface area (Å²) in [5, 5.41) is 2.54. The first-order valence-electron chi connectivity index (χ1n) is 7.76. The van der Waals surface area contributed by atoms with E-state index >= 15 is 0 Å². The van der Waals surface area contributed by atoms with E-state index in [1.165, 1.54) is 6.92 Å². The Labute approximate surface area is 137 Å². The zero-order valence-corrected chi connectivity index (χ0v) is 13.5. The maximum absolute atomic E-state index is 12.1. The number of aryl methyl sites for hydroxylation is 1. The van der Waals surface area contributed by atoms with E-state index in [2.05, 4.69) is 26.9 Å². The molecule has 2 aromatic rings. The summed E-state index contributed by atoms with van der Waals surface area (Å²) in [6.07, 6.45) is -2.73. The summed E-state index contributed by atoms with van der Waals surface area (Å²) >= 11 is 0. The highest BCUT2D eigenvalue weighted by molar-refractivity contribution is 5.95. The normalized spacial score (nSPS) is 13.2. The first-order chi connectivity index (χ1) is 11.3. The molecule has 0 fully saturated rings. The predicted octanol–water partition coefficient (Wildman–Crippen LogP) is 3.81. The fraction of sp³-hybridized carbons (Fsp3) is 0.500. The van der Waals surface area contributed by atoms with Crippen LogP contribution in [-0.2, 0) is 16.0 Å². The lowest BCUT2D eigenvalue weighted by molar-refractivity contribution is -0.184. The highest BCUT2D eigenvalue weighted by Gasteiger charge is 2.29. The number of carbonyl (C=O) groups excluding carboxylic acids is 1. The molecule has 0 aliphatic carbocycles. The van der Waals surface area contributed by atoms with Gasteiger partial charge in [0.05, 0.1) is 11.0 Å². The van der Waals surface area contributed by atoms with Gasteiger partial charge in [0.2, 0.25) is 0 Å². The molecule has 0 aliphatic rings. The number of benzene rings is 1. The van der Waals surface area contributed by atoms with Crippen molar-refractivity contribution in [3.8, 4) is 0 Å². The number of hydrogen-bond acceptors (Lipinski definition) is 3. The van der Waals surface area contributed by atoms with Crippen molar-refractivity contribution >= 4 is 22.6 Å². The molecular formula is C16H20F3N3O2. The summed E-state index contributed by atoms with van der Waals surface area (Å²) in [5.74, 6) is 0.238. The van der Waals surface area contributed by atoms with Gasteiger partial charge in [-0.1, -0.05) is 13.3 Å². The third-order valence-corrected chi connectivity index (χ3v) is 3.43. The maximum atomic E-state index is 12.1. The molecule has 1 unspecified atom stereocenters. The van der Waals surface area contributed by atoms with Gasteiger partial charge >= 0.3 is 6.18 Å². The van der Waals surface area contributed by atoms with Crippen molar-refractivity contribution in [1.82, 2.24) is 9.97 Å². The van der Waals surface area contributed by atoms with Crippen LogP contribution in [0.15, 0.2) is 18.2 Å². The fourth-order valence-corrected chi connectivity index (χ4v) is 2.14. The molecule has 0 saturated heterocycles. The van der Waals surface area contributed by atoms with Gasteiger partial charge in [-0.2, -0.15) is 13.2 Å². The van der Waals surface area contributed by atoms with Crippen molar-refractivity contribution in [1.29, 1.82) is 0 Å². The van der Waals surface area contributed by atoms with Crippen LogP contribution in [-0.4, -0.2) is 34.8 Å². The molecule has 0 aliphatic heterocycles. The number of carbonyl (C=O) groups is 1. The molecule has 8 heteroatoms. The van der Waals surface area contributed by atoms with Crippen LogP contribution in [0.2, 0.25) is 0 Å². The zero-order chi connectivity index (χ0) is 17.7. The number of amides is 1. The maximum Gasteiger partial charge on any atom is 0.411 e. The highest BCUT2D eigenvalue weighted by Crippen LogP contribution is 2.19. The number of nitrogens with one attached hydrogen (secondary N) is 2. The van der Waals surface area contributed by atoms with Crippen LogP contribution in [0.25, 0.3) is 11.0 Å². The van der Waals surface area contributed by atoms with Gasteiger partial charge in [-0.15, -0.1) is 0 Å². The van der Waals surface area contributed by atoms with Gasteiger partial charge in [0.25, 0.3) is 5.91 Å². The summed E-state index contributed by atoms with van der Waals surface area (Å²) in [6.45, 7) is 1.92. The lowest BCUT2D eigenvalue weighted by atomic mass is 10.2. The molecule has 0 bridgehead atoms. The Bertz CT molecular complexity index is 697. The van der Waals surface area contributed by atoms with Crippen molar-refractivity contribution in [3.63, 3.8) is 0 Å². The molecule has 0 radical (unpaired) electrons. The van der Waals surface area contributed by atoms with Gasteiger partial charge in [0.1, 0.15) is 18.5 Å². The zero-order valence-electron chi connectivity index (χ0n) is 13.5. The van der Waals surface area contributed by atoms with Crippen LogP contribution in [0, 0.1) is 0 Å². The minimum Gasteiger partial charge on any atom is -0.359 e. The fourth-order valence-electron chi connectivity index (χ4n) is 2.14. The van der Waals surface area contributed by atoms with Crippen molar-refractivity contribution < 1.29 is 22.7 Å². The first kappa shape index (κ1) is 18.3. The predicted molar refractivity (Wildman–Crippen MR) is 84.8 cm³/mol. The lowest BCUT2D eigenvalue weighted by Crippen LogP contribution is -2.31.